The van der Waals surface area contributed by atoms with Gasteiger partial charge in [-0.25, -0.2) is 0 Å². The largest absolute Gasteiger partial charge is 0.385 e. The van der Waals surface area contributed by atoms with Crippen LogP contribution in [0.3, 0.4) is 0 Å². The summed E-state index contributed by atoms with van der Waals surface area (Å²) in [6.45, 7) is 2.20. The summed E-state index contributed by atoms with van der Waals surface area (Å²) >= 11 is 0. The standard InChI is InChI=1S/C13H25N3O3/c1-16(10-12(17)15-8-5-9-19-2)13(18)11-6-3-4-7-14-11/h11,14H,3-10H2,1-2H3,(H,15,17). The van der Waals surface area contributed by atoms with Crippen molar-refractivity contribution in [2.24, 2.45) is 0 Å². The first kappa shape index (κ1) is 15.9. The van der Waals surface area contributed by atoms with Crippen molar-refractivity contribution in [2.45, 2.75) is 31.7 Å². The number of hydrogen-bond donors (Lipinski definition) is 2. The number of amides is 2. The molecule has 2 amide bonds. The van der Waals surface area contributed by atoms with Gasteiger partial charge < -0.3 is 20.3 Å². The second kappa shape index (κ2) is 8.87. The molecule has 1 unspecified atom stereocenters. The minimum atomic E-state index is -0.125. The van der Waals surface area contributed by atoms with Crippen molar-refractivity contribution in [1.29, 1.82) is 0 Å². The number of ether oxygens (including phenoxy) is 1. The Morgan fingerprint density at radius 1 is 1.42 bits per heavy atom. The van der Waals surface area contributed by atoms with E-state index in [9.17, 15) is 9.59 Å². The Hall–Kier alpha value is -1.14. The number of hydrogen-bond acceptors (Lipinski definition) is 4. The number of methoxy groups -OCH3 is 1. The average Bonchev–Trinajstić information content (AvgIpc) is 2.43. The zero-order valence-electron chi connectivity index (χ0n) is 11.9. The summed E-state index contributed by atoms with van der Waals surface area (Å²) in [5.41, 5.74) is 0. The van der Waals surface area contributed by atoms with Gasteiger partial charge in [-0.1, -0.05) is 6.42 Å². The lowest BCUT2D eigenvalue weighted by Gasteiger charge is -2.27. The predicted octanol–water partition coefficient (Wildman–Crippen LogP) is -0.260. The van der Waals surface area contributed by atoms with E-state index in [1.807, 2.05) is 0 Å². The predicted molar refractivity (Wildman–Crippen MR) is 72.8 cm³/mol. The summed E-state index contributed by atoms with van der Waals surface area (Å²) in [7, 11) is 3.30. The highest BCUT2D eigenvalue weighted by molar-refractivity contribution is 5.87. The van der Waals surface area contributed by atoms with Crippen molar-refractivity contribution in [3.05, 3.63) is 0 Å². The van der Waals surface area contributed by atoms with E-state index in [2.05, 4.69) is 10.6 Å². The van der Waals surface area contributed by atoms with Crippen molar-refractivity contribution in [3.63, 3.8) is 0 Å². The van der Waals surface area contributed by atoms with Crippen molar-refractivity contribution >= 4 is 11.8 Å². The molecular formula is C13H25N3O3. The first-order valence-electron chi connectivity index (χ1n) is 6.89. The third-order valence-electron chi connectivity index (χ3n) is 3.21. The van der Waals surface area contributed by atoms with E-state index in [1.165, 1.54) is 4.90 Å². The van der Waals surface area contributed by atoms with Crippen LogP contribution in [0.5, 0.6) is 0 Å². The van der Waals surface area contributed by atoms with Crippen molar-refractivity contribution in [1.82, 2.24) is 15.5 Å². The van der Waals surface area contributed by atoms with Crippen LogP contribution in [0.25, 0.3) is 0 Å². The van der Waals surface area contributed by atoms with Gasteiger partial charge in [0.05, 0.1) is 12.6 Å². The summed E-state index contributed by atoms with van der Waals surface area (Å²) in [4.78, 5) is 25.2. The van der Waals surface area contributed by atoms with E-state index in [4.69, 9.17) is 4.74 Å². The van der Waals surface area contributed by atoms with Crippen LogP contribution < -0.4 is 10.6 Å². The summed E-state index contributed by atoms with van der Waals surface area (Å²) in [5, 5.41) is 5.97. The highest BCUT2D eigenvalue weighted by Crippen LogP contribution is 2.08. The topological polar surface area (TPSA) is 70.7 Å². The van der Waals surface area contributed by atoms with Gasteiger partial charge >= 0.3 is 0 Å². The number of rotatable bonds is 7. The van der Waals surface area contributed by atoms with Crippen molar-refractivity contribution in [3.8, 4) is 0 Å². The minimum Gasteiger partial charge on any atom is -0.385 e. The first-order chi connectivity index (χ1) is 9.15. The van der Waals surface area contributed by atoms with Crippen LogP contribution in [0.4, 0.5) is 0 Å². The molecule has 110 valence electrons. The van der Waals surface area contributed by atoms with E-state index in [-0.39, 0.29) is 24.4 Å². The SMILES string of the molecule is COCCCNC(=O)CN(C)C(=O)C1CCCCN1. The molecule has 0 aromatic rings. The molecule has 6 nitrogen and oxygen atoms in total. The highest BCUT2D eigenvalue weighted by Gasteiger charge is 2.24. The minimum absolute atomic E-state index is 0.00624. The summed E-state index contributed by atoms with van der Waals surface area (Å²) < 4.78 is 4.90. The van der Waals surface area contributed by atoms with E-state index < -0.39 is 0 Å². The fourth-order valence-corrected chi connectivity index (χ4v) is 2.12. The third kappa shape index (κ3) is 6.02. The summed E-state index contributed by atoms with van der Waals surface area (Å²) in [6, 6.07) is -0.125. The summed E-state index contributed by atoms with van der Waals surface area (Å²) in [5.74, 6) is -0.116. The van der Waals surface area contributed by atoms with Crippen molar-refractivity contribution < 1.29 is 14.3 Å². The molecular weight excluding hydrogens is 246 g/mol. The summed E-state index contributed by atoms with van der Waals surface area (Å²) in [6.07, 6.45) is 3.83. The lowest BCUT2D eigenvalue weighted by atomic mass is 10.0. The van der Waals surface area contributed by atoms with Crippen LogP contribution in [0, 0.1) is 0 Å². The molecule has 2 N–H and O–H groups in total. The van der Waals surface area contributed by atoms with Gasteiger partial charge in [-0.15, -0.1) is 0 Å². The second-order valence-corrected chi connectivity index (χ2v) is 4.89. The number of nitrogens with zero attached hydrogens (tertiary/aromatic N) is 1. The van der Waals surface area contributed by atoms with Gasteiger partial charge in [-0.3, -0.25) is 9.59 Å². The van der Waals surface area contributed by atoms with Crippen LogP contribution in [0.1, 0.15) is 25.7 Å². The maximum absolute atomic E-state index is 12.1. The maximum Gasteiger partial charge on any atom is 0.239 e. The average molecular weight is 271 g/mol. The molecule has 0 aliphatic carbocycles. The Morgan fingerprint density at radius 2 is 2.21 bits per heavy atom. The molecule has 1 aliphatic rings. The quantitative estimate of drug-likeness (QED) is 0.626. The lowest BCUT2D eigenvalue weighted by Crippen LogP contribution is -2.49. The smallest absolute Gasteiger partial charge is 0.239 e. The number of likely N-dealkylation sites (N-methyl/N-ethyl adjacent to an activating group) is 1. The fourth-order valence-electron chi connectivity index (χ4n) is 2.12. The molecule has 0 bridgehead atoms. The van der Waals surface area contributed by atoms with Crippen molar-refractivity contribution in [2.75, 3.05) is 40.4 Å². The number of piperidine rings is 1. The second-order valence-electron chi connectivity index (χ2n) is 4.89. The monoisotopic (exact) mass is 271 g/mol. The van der Waals surface area contributed by atoms with Gasteiger partial charge in [-0.2, -0.15) is 0 Å². The molecule has 19 heavy (non-hydrogen) atoms. The molecule has 0 aromatic carbocycles. The molecule has 1 saturated heterocycles. The van der Waals surface area contributed by atoms with E-state index >= 15 is 0 Å². The molecule has 0 aromatic heterocycles. The maximum atomic E-state index is 12.1. The van der Waals surface area contributed by atoms with E-state index in [0.29, 0.717) is 13.2 Å². The van der Waals surface area contributed by atoms with Crippen LogP contribution in [0.15, 0.2) is 0 Å². The van der Waals surface area contributed by atoms with Gasteiger partial charge in [0.2, 0.25) is 11.8 Å². The highest BCUT2D eigenvalue weighted by atomic mass is 16.5. The molecule has 1 heterocycles. The van der Waals surface area contributed by atoms with Gasteiger partial charge in [0.25, 0.3) is 0 Å². The first-order valence-corrected chi connectivity index (χ1v) is 6.89. The number of carbonyl (C=O) groups is 2. The lowest BCUT2D eigenvalue weighted by molar-refractivity contribution is -0.136. The van der Waals surface area contributed by atoms with Crippen LogP contribution in [0.2, 0.25) is 0 Å². The molecule has 0 radical (unpaired) electrons. The van der Waals surface area contributed by atoms with Crippen LogP contribution in [-0.4, -0.2) is 63.2 Å². The Balaban J connectivity index is 2.22. The molecule has 6 heteroatoms. The van der Waals surface area contributed by atoms with Gasteiger partial charge in [0.15, 0.2) is 0 Å². The molecule has 0 saturated carbocycles. The molecule has 0 spiro atoms. The Kier molecular flexibility index (Phi) is 7.43. The van der Waals surface area contributed by atoms with Gasteiger partial charge in [0.1, 0.15) is 0 Å². The molecule has 1 rings (SSSR count). The third-order valence-corrected chi connectivity index (χ3v) is 3.21. The Labute approximate surface area is 114 Å². The van der Waals surface area contributed by atoms with Gasteiger partial charge in [-0.05, 0) is 25.8 Å². The Morgan fingerprint density at radius 3 is 2.84 bits per heavy atom. The zero-order chi connectivity index (χ0) is 14.1. The fraction of sp³-hybridized carbons (Fsp3) is 0.846. The number of nitrogens with one attached hydrogen (secondary N) is 2. The Bertz CT molecular complexity index is 291. The van der Waals surface area contributed by atoms with E-state index in [0.717, 1.165) is 32.2 Å². The molecule has 1 fully saturated rings. The molecule has 1 atom stereocenters. The molecule has 1 aliphatic heterocycles. The zero-order valence-corrected chi connectivity index (χ0v) is 11.9. The van der Waals surface area contributed by atoms with Crippen LogP contribution >= 0.6 is 0 Å². The number of carbonyl (C=O) groups excluding carboxylic acids is 2. The van der Waals surface area contributed by atoms with E-state index in [1.54, 1.807) is 14.2 Å². The normalized spacial score (nSPS) is 18.9. The van der Waals surface area contributed by atoms with Gasteiger partial charge in [0, 0.05) is 27.3 Å². The van der Waals surface area contributed by atoms with Crippen LogP contribution in [-0.2, 0) is 14.3 Å².